The van der Waals surface area contributed by atoms with E-state index < -0.39 is 35.6 Å². The van der Waals surface area contributed by atoms with Crippen LogP contribution in [-0.2, 0) is 20.7 Å². The zero-order chi connectivity index (χ0) is 27.0. The summed E-state index contributed by atoms with van der Waals surface area (Å²) in [5.74, 6) is -1.05. The molecular weight excluding hydrogens is 460 g/mol. The predicted octanol–water partition coefficient (Wildman–Crippen LogP) is 3.26. The molecule has 2 rings (SSSR count). The number of hydrogen-bond acceptors (Lipinski definition) is 6. The van der Waals surface area contributed by atoms with Gasteiger partial charge in [-0.15, -0.1) is 0 Å². The van der Waals surface area contributed by atoms with E-state index in [2.05, 4.69) is 10.3 Å². The van der Waals surface area contributed by atoms with Crippen LogP contribution in [-0.4, -0.2) is 57.1 Å². The molecule has 36 heavy (non-hydrogen) atoms. The molecule has 0 radical (unpaired) electrons. The smallest absolute Gasteiger partial charge is 0.408 e. The summed E-state index contributed by atoms with van der Waals surface area (Å²) in [6.45, 7) is 10.4. The summed E-state index contributed by atoms with van der Waals surface area (Å²) in [7, 11) is 0. The molecule has 9 heteroatoms. The number of nitrogens with zero attached hydrogens (tertiary/aromatic N) is 2. The molecule has 1 aromatic heterocycles. The molecule has 1 unspecified atom stereocenters. The number of aromatic nitrogens is 1. The van der Waals surface area contributed by atoms with Gasteiger partial charge in [0, 0.05) is 25.4 Å². The minimum Gasteiger partial charge on any atom is -0.508 e. The molecule has 194 valence electrons. The minimum absolute atomic E-state index is 0.0812. The Morgan fingerprint density at radius 3 is 2.39 bits per heavy atom. The quantitative estimate of drug-likeness (QED) is 0.488. The van der Waals surface area contributed by atoms with Gasteiger partial charge in [-0.1, -0.05) is 18.2 Å². The molecule has 0 fully saturated rings. The Morgan fingerprint density at radius 1 is 1.22 bits per heavy atom. The number of nitrogens with two attached hydrogens (primary N) is 1. The van der Waals surface area contributed by atoms with Gasteiger partial charge in [0.1, 0.15) is 23.4 Å². The number of aryl methyl sites for hydroxylation is 2. The van der Waals surface area contributed by atoms with Crippen LogP contribution in [0.4, 0.5) is 4.79 Å². The Morgan fingerprint density at radius 2 is 1.86 bits per heavy atom. The lowest BCUT2D eigenvalue weighted by Gasteiger charge is -2.31. The number of hydrogen-bond donors (Lipinski definition) is 3. The topological polar surface area (TPSA) is 135 Å². The summed E-state index contributed by atoms with van der Waals surface area (Å²) >= 11 is 0. The summed E-state index contributed by atoms with van der Waals surface area (Å²) in [5, 5.41) is 12.6. The second-order valence-electron chi connectivity index (χ2n) is 9.72. The van der Waals surface area contributed by atoms with E-state index in [4.69, 9.17) is 10.5 Å². The van der Waals surface area contributed by atoms with Crippen molar-refractivity contribution in [3.05, 3.63) is 65.0 Å². The molecule has 2 atom stereocenters. The van der Waals surface area contributed by atoms with Gasteiger partial charge >= 0.3 is 6.09 Å². The molecule has 0 spiro atoms. The number of carbonyl (C=O) groups excluding carboxylic acids is 3. The molecule has 0 aliphatic carbocycles. The first kappa shape index (κ1) is 28.4. The number of nitrogens with one attached hydrogen (secondary N) is 1. The summed E-state index contributed by atoms with van der Waals surface area (Å²) in [6, 6.07) is 4.86. The lowest BCUT2D eigenvalue weighted by Crippen LogP contribution is -2.55. The van der Waals surface area contributed by atoms with Crippen LogP contribution in [0.5, 0.6) is 5.75 Å². The lowest BCUT2D eigenvalue weighted by atomic mass is 9.95. The molecule has 0 aliphatic heterocycles. The number of aromatic hydroxyl groups is 1. The van der Waals surface area contributed by atoms with Gasteiger partial charge in [-0.2, -0.15) is 0 Å². The van der Waals surface area contributed by atoms with E-state index in [1.165, 1.54) is 4.90 Å². The van der Waals surface area contributed by atoms with E-state index in [9.17, 15) is 19.5 Å². The van der Waals surface area contributed by atoms with E-state index in [0.717, 1.165) is 22.3 Å². The fourth-order valence-electron chi connectivity index (χ4n) is 3.72. The Balaban J connectivity index is 2.40. The normalized spacial score (nSPS) is 13.2. The Hall–Kier alpha value is -3.88. The number of primary amides is 1. The Kier molecular flexibility index (Phi) is 9.60. The fraction of sp³-hybridized carbons (Fsp3) is 0.407. The molecule has 0 aliphatic rings. The highest BCUT2D eigenvalue weighted by Crippen LogP contribution is 2.23. The molecule has 9 nitrogen and oxygen atoms in total. The van der Waals surface area contributed by atoms with Gasteiger partial charge in [-0.3, -0.25) is 14.6 Å². The van der Waals surface area contributed by atoms with Crippen molar-refractivity contribution in [3.63, 3.8) is 0 Å². The molecule has 3 amide bonds. The molecule has 0 bridgehead atoms. The highest BCUT2D eigenvalue weighted by atomic mass is 16.6. The second-order valence-corrected chi connectivity index (χ2v) is 9.72. The first-order valence-corrected chi connectivity index (χ1v) is 11.7. The number of phenolic OH excluding ortho intramolecular Hbond substituents is 1. The number of carbonyl (C=O) groups is 3. The molecule has 0 saturated heterocycles. The number of ether oxygens (including phenoxy) is 1. The van der Waals surface area contributed by atoms with Crippen LogP contribution in [0.1, 0.15) is 49.9 Å². The molecule has 4 N–H and O–H groups in total. The van der Waals surface area contributed by atoms with Crippen molar-refractivity contribution in [2.75, 3.05) is 6.54 Å². The number of benzene rings is 1. The first-order valence-electron chi connectivity index (χ1n) is 11.7. The van der Waals surface area contributed by atoms with Crippen molar-refractivity contribution in [3.8, 4) is 5.75 Å². The number of pyridine rings is 1. The van der Waals surface area contributed by atoms with Gasteiger partial charge in [-0.05, 0) is 82.0 Å². The van der Waals surface area contributed by atoms with Crippen LogP contribution in [0.15, 0.2) is 42.7 Å². The highest BCUT2D eigenvalue weighted by Gasteiger charge is 2.32. The molecular formula is C27H36N4O5. The first-order chi connectivity index (χ1) is 16.8. The number of phenols is 1. The summed E-state index contributed by atoms with van der Waals surface area (Å²) in [4.78, 5) is 43.9. The summed E-state index contributed by atoms with van der Waals surface area (Å²) < 4.78 is 5.39. The van der Waals surface area contributed by atoms with Gasteiger partial charge in [0.25, 0.3) is 0 Å². The van der Waals surface area contributed by atoms with Crippen molar-refractivity contribution in [2.45, 2.75) is 65.6 Å². The maximum Gasteiger partial charge on any atom is 0.408 e. The van der Waals surface area contributed by atoms with Crippen LogP contribution >= 0.6 is 0 Å². The summed E-state index contributed by atoms with van der Waals surface area (Å²) in [6.07, 6.45) is 6.21. The highest BCUT2D eigenvalue weighted by molar-refractivity contribution is 5.91. The Labute approximate surface area is 212 Å². The molecule has 0 saturated carbocycles. The average Bonchev–Trinajstić information content (AvgIpc) is 2.76. The van der Waals surface area contributed by atoms with E-state index >= 15 is 0 Å². The third-order valence-corrected chi connectivity index (χ3v) is 5.54. The van der Waals surface area contributed by atoms with Gasteiger partial charge in [0.05, 0.1) is 0 Å². The summed E-state index contributed by atoms with van der Waals surface area (Å²) in [5.41, 5.74) is 7.94. The van der Waals surface area contributed by atoms with Gasteiger partial charge < -0.3 is 25.8 Å². The average molecular weight is 497 g/mol. The van der Waals surface area contributed by atoms with E-state index in [1.54, 1.807) is 70.4 Å². The largest absolute Gasteiger partial charge is 0.508 e. The molecule has 1 aromatic carbocycles. The lowest BCUT2D eigenvalue weighted by molar-refractivity contribution is -0.139. The SMILES string of the molecule is Cc1cc(O)cc(C)c1CC(NC(=O)OC(C)(C)C)C(=O)N(CC=Cc1cccnc1)[C@H](C)C(N)=O. The monoisotopic (exact) mass is 496 g/mol. The van der Waals surface area contributed by atoms with E-state index in [0.29, 0.717) is 0 Å². The van der Waals surface area contributed by atoms with Crippen LogP contribution in [0.25, 0.3) is 6.08 Å². The standard InChI is InChI=1S/C27H36N4O5/c1-17-13-21(32)14-18(2)22(17)15-23(30-26(35)36-27(4,5)6)25(34)31(19(3)24(28)33)12-8-10-20-9-7-11-29-16-20/h7-11,13-14,16,19,23,32H,12,15H2,1-6H3,(H2,28,33)(H,30,35)/t19-,23?/m1/s1. The van der Waals surface area contributed by atoms with Crippen molar-refractivity contribution in [2.24, 2.45) is 5.73 Å². The zero-order valence-corrected chi connectivity index (χ0v) is 21.7. The molecule has 2 aromatic rings. The van der Waals surface area contributed by atoms with Crippen LogP contribution < -0.4 is 11.1 Å². The van der Waals surface area contributed by atoms with Crippen LogP contribution in [0, 0.1) is 13.8 Å². The van der Waals surface area contributed by atoms with E-state index in [-0.39, 0.29) is 18.7 Å². The predicted molar refractivity (Wildman–Crippen MR) is 138 cm³/mol. The minimum atomic E-state index is -1.05. The van der Waals surface area contributed by atoms with Gasteiger partial charge in [0.2, 0.25) is 11.8 Å². The third-order valence-electron chi connectivity index (χ3n) is 5.54. The third kappa shape index (κ3) is 8.41. The van der Waals surface area contributed by atoms with Crippen LogP contribution in [0.3, 0.4) is 0 Å². The van der Waals surface area contributed by atoms with Gasteiger partial charge in [-0.25, -0.2) is 4.79 Å². The number of rotatable bonds is 9. The number of alkyl carbamates (subject to hydrolysis) is 1. The van der Waals surface area contributed by atoms with E-state index in [1.807, 2.05) is 19.9 Å². The maximum atomic E-state index is 13.8. The zero-order valence-electron chi connectivity index (χ0n) is 21.7. The van der Waals surface area contributed by atoms with Gasteiger partial charge in [0.15, 0.2) is 0 Å². The van der Waals surface area contributed by atoms with Crippen molar-refractivity contribution >= 4 is 24.0 Å². The molecule has 1 heterocycles. The maximum absolute atomic E-state index is 13.8. The Bertz CT molecular complexity index is 1090. The van der Waals surface area contributed by atoms with Crippen molar-refractivity contribution < 1.29 is 24.2 Å². The number of amides is 3. The van der Waals surface area contributed by atoms with Crippen molar-refractivity contribution in [1.29, 1.82) is 0 Å². The van der Waals surface area contributed by atoms with Crippen molar-refractivity contribution in [1.82, 2.24) is 15.2 Å². The second kappa shape index (κ2) is 12.2. The van der Waals surface area contributed by atoms with Crippen LogP contribution in [0.2, 0.25) is 0 Å². The fourth-order valence-corrected chi connectivity index (χ4v) is 3.72.